The number of piperidine rings is 1. The van der Waals surface area contributed by atoms with Crippen molar-refractivity contribution in [3.05, 3.63) is 70.6 Å². The Labute approximate surface area is 165 Å². The molecule has 28 heavy (non-hydrogen) atoms. The minimum atomic E-state index is 0.0770. The van der Waals surface area contributed by atoms with Crippen LogP contribution in [0, 0.1) is 0 Å². The van der Waals surface area contributed by atoms with Crippen molar-refractivity contribution in [3.63, 3.8) is 0 Å². The number of aromatic nitrogens is 2. The summed E-state index contributed by atoms with van der Waals surface area (Å²) in [5.41, 5.74) is 2.90. The summed E-state index contributed by atoms with van der Waals surface area (Å²) in [6, 6.07) is 17.8. The van der Waals surface area contributed by atoms with Crippen LogP contribution in [0.1, 0.15) is 42.1 Å². The minimum Gasteiger partial charge on any atom is -0.303 e. The first-order chi connectivity index (χ1) is 13.6. The number of fused-ring (bicyclic) bond motifs is 1. The number of benzene rings is 2. The van der Waals surface area contributed by atoms with Gasteiger partial charge in [0, 0.05) is 38.2 Å². The maximum atomic E-state index is 12.7. The number of aryl methyl sites for hydroxylation is 1. The summed E-state index contributed by atoms with van der Waals surface area (Å²) in [5, 5.41) is 0. The van der Waals surface area contributed by atoms with Gasteiger partial charge in [0.1, 0.15) is 0 Å². The topological polar surface area (TPSA) is 47.2 Å². The molecule has 2 heterocycles. The molecule has 1 aliphatic heterocycles. The van der Waals surface area contributed by atoms with Gasteiger partial charge in [0.2, 0.25) is 0 Å². The van der Waals surface area contributed by atoms with Gasteiger partial charge in [-0.1, -0.05) is 42.5 Å². The summed E-state index contributed by atoms with van der Waals surface area (Å²) in [4.78, 5) is 27.4. The summed E-state index contributed by atoms with van der Waals surface area (Å²) in [6.07, 6.45) is 3.42. The molecule has 146 valence electrons. The standard InChI is InChI=1S/C23H27N3O2/c1-24-20-10-5-6-11-21(20)26(23(24)28)19-13-16-25(17-14-19)15-7-12-22(27)18-8-3-2-4-9-18/h2-6,8-11,19H,7,12-17H2,1H3. The highest BCUT2D eigenvalue weighted by Gasteiger charge is 2.24. The molecule has 0 bridgehead atoms. The lowest BCUT2D eigenvalue weighted by Crippen LogP contribution is -2.38. The van der Waals surface area contributed by atoms with Crippen LogP contribution < -0.4 is 5.69 Å². The van der Waals surface area contributed by atoms with Crippen molar-refractivity contribution < 1.29 is 4.79 Å². The zero-order valence-corrected chi connectivity index (χ0v) is 16.4. The maximum absolute atomic E-state index is 12.7. The fourth-order valence-electron chi connectivity index (χ4n) is 4.30. The van der Waals surface area contributed by atoms with E-state index in [9.17, 15) is 9.59 Å². The molecule has 4 rings (SSSR count). The predicted molar refractivity (Wildman–Crippen MR) is 112 cm³/mol. The first-order valence-electron chi connectivity index (χ1n) is 10.1. The number of Topliss-reactive ketones (excluding diaryl/α,β-unsaturated/α-hetero) is 1. The number of hydrogen-bond acceptors (Lipinski definition) is 3. The van der Waals surface area contributed by atoms with Crippen molar-refractivity contribution in [1.82, 2.24) is 14.0 Å². The molecule has 1 aliphatic rings. The van der Waals surface area contributed by atoms with Crippen LogP contribution in [0.15, 0.2) is 59.4 Å². The second kappa shape index (κ2) is 8.15. The molecule has 0 amide bonds. The Bertz CT molecular complexity index is 1010. The molecule has 0 spiro atoms. The van der Waals surface area contributed by atoms with Crippen molar-refractivity contribution in [1.29, 1.82) is 0 Å². The lowest BCUT2D eigenvalue weighted by Gasteiger charge is -2.32. The molecule has 0 radical (unpaired) electrons. The molecule has 3 aromatic rings. The van der Waals surface area contributed by atoms with Crippen LogP contribution in [0.4, 0.5) is 0 Å². The first-order valence-corrected chi connectivity index (χ1v) is 10.1. The van der Waals surface area contributed by atoms with Gasteiger partial charge in [-0.05, 0) is 37.9 Å². The minimum absolute atomic E-state index is 0.0770. The summed E-state index contributed by atoms with van der Waals surface area (Å²) >= 11 is 0. The second-order valence-corrected chi connectivity index (χ2v) is 7.67. The molecular formula is C23H27N3O2. The average Bonchev–Trinajstić information content (AvgIpc) is 3.00. The van der Waals surface area contributed by atoms with Crippen LogP contribution in [0.2, 0.25) is 0 Å². The molecule has 5 nitrogen and oxygen atoms in total. The lowest BCUT2D eigenvalue weighted by atomic mass is 10.0. The smallest absolute Gasteiger partial charge is 0.303 e. The van der Waals surface area contributed by atoms with Crippen molar-refractivity contribution in [2.75, 3.05) is 19.6 Å². The summed E-state index contributed by atoms with van der Waals surface area (Å²) < 4.78 is 3.72. The van der Waals surface area contributed by atoms with E-state index in [1.807, 2.05) is 66.2 Å². The van der Waals surface area contributed by atoms with Gasteiger partial charge in [-0.15, -0.1) is 0 Å². The largest absolute Gasteiger partial charge is 0.329 e. The quantitative estimate of drug-likeness (QED) is 0.616. The van der Waals surface area contributed by atoms with Gasteiger partial charge in [0.25, 0.3) is 0 Å². The molecule has 0 aliphatic carbocycles. The highest BCUT2D eigenvalue weighted by Crippen LogP contribution is 2.25. The highest BCUT2D eigenvalue weighted by molar-refractivity contribution is 5.95. The van der Waals surface area contributed by atoms with Crippen LogP contribution in [0.3, 0.4) is 0 Å². The number of ketones is 1. The third kappa shape index (κ3) is 3.67. The van der Waals surface area contributed by atoms with Crippen molar-refractivity contribution in [2.45, 2.75) is 31.7 Å². The number of rotatable bonds is 6. The first kappa shape index (κ1) is 18.7. The monoisotopic (exact) mass is 377 g/mol. The zero-order chi connectivity index (χ0) is 19.5. The summed E-state index contributed by atoms with van der Waals surface area (Å²) in [7, 11) is 1.85. The number of hydrogen-bond donors (Lipinski definition) is 0. The van der Waals surface area contributed by atoms with E-state index < -0.39 is 0 Å². The number of carbonyl (C=O) groups is 1. The predicted octanol–water partition coefficient (Wildman–Crippen LogP) is 3.64. The van der Waals surface area contributed by atoms with Crippen LogP contribution in [0.25, 0.3) is 11.0 Å². The highest BCUT2D eigenvalue weighted by atomic mass is 16.1. The Morgan fingerprint density at radius 2 is 1.61 bits per heavy atom. The molecule has 1 aromatic heterocycles. The van der Waals surface area contributed by atoms with Crippen molar-refractivity contribution in [3.8, 4) is 0 Å². The fraction of sp³-hybridized carbons (Fsp3) is 0.391. The molecular weight excluding hydrogens is 350 g/mol. The van der Waals surface area contributed by atoms with Crippen LogP contribution in [-0.2, 0) is 7.05 Å². The molecule has 5 heteroatoms. The van der Waals surface area contributed by atoms with Gasteiger partial charge in [-0.25, -0.2) is 4.79 Å². The third-order valence-electron chi connectivity index (χ3n) is 5.89. The van der Waals surface area contributed by atoms with E-state index in [4.69, 9.17) is 0 Å². The van der Waals surface area contributed by atoms with E-state index in [-0.39, 0.29) is 17.5 Å². The van der Waals surface area contributed by atoms with Crippen molar-refractivity contribution in [2.24, 2.45) is 7.05 Å². The number of para-hydroxylation sites is 2. The molecule has 0 saturated carbocycles. The Kier molecular flexibility index (Phi) is 5.44. The van der Waals surface area contributed by atoms with Gasteiger partial charge >= 0.3 is 5.69 Å². The van der Waals surface area contributed by atoms with Gasteiger partial charge in [0.05, 0.1) is 11.0 Å². The van der Waals surface area contributed by atoms with Gasteiger partial charge < -0.3 is 4.90 Å². The molecule has 0 atom stereocenters. The van der Waals surface area contributed by atoms with E-state index in [1.165, 1.54) is 0 Å². The summed E-state index contributed by atoms with van der Waals surface area (Å²) in [5.74, 6) is 0.220. The Morgan fingerprint density at radius 3 is 2.32 bits per heavy atom. The lowest BCUT2D eigenvalue weighted by molar-refractivity contribution is 0.0970. The van der Waals surface area contributed by atoms with Gasteiger partial charge in [0.15, 0.2) is 5.78 Å². The second-order valence-electron chi connectivity index (χ2n) is 7.67. The maximum Gasteiger partial charge on any atom is 0.329 e. The van der Waals surface area contributed by atoms with E-state index in [0.29, 0.717) is 6.42 Å². The fourth-order valence-corrected chi connectivity index (χ4v) is 4.30. The molecule has 0 unspecified atom stereocenters. The normalized spacial score (nSPS) is 15.9. The molecule has 1 fully saturated rings. The van der Waals surface area contributed by atoms with Gasteiger partial charge in [-0.2, -0.15) is 0 Å². The number of carbonyl (C=O) groups excluding carboxylic acids is 1. The Morgan fingerprint density at radius 1 is 0.964 bits per heavy atom. The van der Waals surface area contributed by atoms with Crippen LogP contribution in [-0.4, -0.2) is 39.5 Å². The van der Waals surface area contributed by atoms with Gasteiger partial charge in [-0.3, -0.25) is 13.9 Å². The molecule has 0 N–H and O–H groups in total. The van der Waals surface area contributed by atoms with E-state index in [2.05, 4.69) is 4.90 Å². The number of nitrogens with zero attached hydrogens (tertiary/aromatic N) is 3. The zero-order valence-electron chi connectivity index (χ0n) is 16.4. The molecule has 1 saturated heterocycles. The van der Waals surface area contributed by atoms with Crippen molar-refractivity contribution >= 4 is 16.8 Å². The average molecular weight is 377 g/mol. The molecule has 2 aromatic carbocycles. The van der Waals surface area contributed by atoms with E-state index in [0.717, 1.165) is 55.5 Å². The SMILES string of the molecule is Cn1c(=O)n(C2CCN(CCCC(=O)c3ccccc3)CC2)c2ccccc21. The third-order valence-corrected chi connectivity index (χ3v) is 5.89. The Balaban J connectivity index is 1.33. The van der Waals surface area contributed by atoms with Crippen LogP contribution >= 0.6 is 0 Å². The summed E-state index contributed by atoms with van der Waals surface area (Å²) in [6.45, 7) is 2.88. The van der Waals surface area contributed by atoms with E-state index in [1.54, 1.807) is 4.57 Å². The van der Waals surface area contributed by atoms with E-state index >= 15 is 0 Å². The number of imidazole rings is 1. The Hall–Kier alpha value is -2.66. The van der Waals surface area contributed by atoms with Crippen LogP contribution in [0.5, 0.6) is 0 Å². The number of likely N-dealkylation sites (tertiary alicyclic amines) is 1.